The molecule has 0 fully saturated rings. The Morgan fingerprint density at radius 2 is 1.91 bits per heavy atom. The Kier molecular flexibility index (Phi) is 5.92. The average Bonchev–Trinajstić information content (AvgIpc) is 2.50. The summed E-state index contributed by atoms with van der Waals surface area (Å²) < 4.78 is 5.49. The lowest BCUT2D eigenvalue weighted by Gasteiger charge is -2.12. The Hall–Kier alpha value is -1.91. The van der Waals surface area contributed by atoms with Crippen molar-refractivity contribution in [2.45, 2.75) is 6.92 Å². The Morgan fingerprint density at radius 3 is 2.64 bits per heavy atom. The molecule has 2 aromatic carbocycles. The number of carbonyl (C=O) groups is 1. The molecule has 4 nitrogen and oxygen atoms in total. The number of hydrogen-bond acceptors (Lipinski definition) is 3. The zero-order chi connectivity index (χ0) is 15.9. The second-order valence-electron chi connectivity index (χ2n) is 4.46. The van der Waals surface area contributed by atoms with Crippen molar-refractivity contribution in [2.24, 2.45) is 0 Å². The van der Waals surface area contributed by atoms with Crippen LogP contribution in [0.2, 0.25) is 10.0 Å². The van der Waals surface area contributed by atoms with Crippen LogP contribution in [0.1, 0.15) is 6.92 Å². The highest BCUT2D eigenvalue weighted by molar-refractivity contribution is 6.42. The van der Waals surface area contributed by atoms with Crippen LogP contribution in [0.5, 0.6) is 5.75 Å². The van der Waals surface area contributed by atoms with E-state index >= 15 is 0 Å². The molecular weight excluding hydrogens is 323 g/mol. The van der Waals surface area contributed by atoms with Gasteiger partial charge in [0, 0.05) is 5.69 Å². The van der Waals surface area contributed by atoms with E-state index in [1.807, 2.05) is 31.2 Å². The first-order valence-electron chi connectivity index (χ1n) is 6.80. The molecule has 22 heavy (non-hydrogen) atoms. The summed E-state index contributed by atoms with van der Waals surface area (Å²) in [6.45, 7) is 2.59. The molecule has 2 aromatic rings. The van der Waals surface area contributed by atoms with E-state index in [1.165, 1.54) is 0 Å². The number of nitrogens with one attached hydrogen (secondary N) is 2. The fraction of sp³-hybridized carbons (Fsp3) is 0.188. The second-order valence-corrected chi connectivity index (χ2v) is 5.27. The quantitative estimate of drug-likeness (QED) is 0.818. The molecule has 116 valence electrons. The third kappa shape index (κ3) is 4.55. The van der Waals surface area contributed by atoms with Crippen LogP contribution >= 0.6 is 23.2 Å². The van der Waals surface area contributed by atoms with Gasteiger partial charge in [-0.15, -0.1) is 0 Å². The molecule has 1 amide bonds. The molecule has 0 spiro atoms. The van der Waals surface area contributed by atoms with Gasteiger partial charge >= 0.3 is 0 Å². The summed E-state index contributed by atoms with van der Waals surface area (Å²) in [6.07, 6.45) is 0. The highest BCUT2D eigenvalue weighted by atomic mass is 35.5. The Bertz CT molecular complexity index is 662. The van der Waals surface area contributed by atoms with E-state index in [2.05, 4.69) is 10.6 Å². The summed E-state index contributed by atoms with van der Waals surface area (Å²) >= 11 is 11.7. The molecule has 0 atom stereocenters. The van der Waals surface area contributed by atoms with E-state index in [4.69, 9.17) is 27.9 Å². The topological polar surface area (TPSA) is 50.4 Å². The average molecular weight is 339 g/mol. The fourth-order valence-corrected chi connectivity index (χ4v) is 2.15. The molecule has 2 rings (SSSR count). The minimum Gasteiger partial charge on any atom is -0.492 e. The van der Waals surface area contributed by atoms with Gasteiger partial charge < -0.3 is 15.4 Å². The minimum atomic E-state index is -0.190. The molecule has 0 aliphatic carbocycles. The number of amides is 1. The lowest BCUT2D eigenvalue weighted by atomic mass is 10.3. The van der Waals surface area contributed by atoms with Crippen molar-refractivity contribution < 1.29 is 9.53 Å². The first-order valence-corrected chi connectivity index (χ1v) is 7.56. The predicted octanol–water partition coefficient (Wildman–Crippen LogP) is 4.44. The fourth-order valence-electron chi connectivity index (χ4n) is 1.85. The Balaban J connectivity index is 1.94. The van der Waals surface area contributed by atoms with E-state index in [9.17, 15) is 4.79 Å². The number of carbonyl (C=O) groups excluding carboxylic acids is 1. The van der Waals surface area contributed by atoms with Gasteiger partial charge in [-0.1, -0.05) is 35.3 Å². The van der Waals surface area contributed by atoms with E-state index < -0.39 is 0 Å². The monoisotopic (exact) mass is 338 g/mol. The number of ether oxygens (including phenoxy) is 1. The maximum Gasteiger partial charge on any atom is 0.243 e. The molecule has 0 saturated heterocycles. The minimum absolute atomic E-state index is 0.115. The predicted molar refractivity (Wildman–Crippen MR) is 91.2 cm³/mol. The number of benzene rings is 2. The first-order chi connectivity index (χ1) is 10.6. The molecule has 0 bridgehead atoms. The van der Waals surface area contributed by atoms with Crippen LogP contribution in [0.4, 0.5) is 11.4 Å². The van der Waals surface area contributed by atoms with E-state index in [0.29, 0.717) is 28.1 Å². The van der Waals surface area contributed by atoms with Crippen molar-refractivity contribution >= 4 is 40.5 Å². The molecule has 0 saturated carbocycles. The normalized spacial score (nSPS) is 10.1. The summed E-state index contributed by atoms with van der Waals surface area (Å²) in [4.78, 5) is 12.0. The summed E-state index contributed by atoms with van der Waals surface area (Å²) in [5.41, 5.74) is 1.37. The smallest absolute Gasteiger partial charge is 0.243 e. The van der Waals surface area contributed by atoms with Crippen LogP contribution in [0.25, 0.3) is 0 Å². The molecular formula is C16H16Cl2N2O2. The SMILES string of the molecule is CCOc1ccccc1NCC(=O)Nc1ccc(Cl)c(Cl)c1. The molecule has 0 radical (unpaired) electrons. The standard InChI is InChI=1S/C16H16Cl2N2O2/c1-2-22-15-6-4-3-5-14(15)19-10-16(21)20-11-7-8-12(17)13(18)9-11/h3-9,19H,2,10H2,1H3,(H,20,21). The van der Waals surface area contributed by atoms with Gasteiger partial charge in [0.05, 0.1) is 28.9 Å². The summed E-state index contributed by atoms with van der Waals surface area (Å²) in [6, 6.07) is 12.4. The number of halogens is 2. The van der Waals surface area contributed by atoms with Gasteiger partial charge in [0.25, 0.3) is 0 Å². The zero-order valence-electron chi connectivity index (χ0n) is 12.0. The maximum absolute atomic E-state index is 12.0. The van der Waals surface area contributed by atoms with Gasteiger partial charge in [-0.2, -0.15) is 0 Å². The van der Waals surface area contributed by atoms with Crippen LogP contribution in [-0.4, -0.2) is 19.1 Å². The van der Waals surface area contributed by atoms with E-state index in [1.54, 1.807) is 18.2 Å². The van der Waals surface area contributed by atoms with Crippen LogP contribution in [0, 0.1) is 0 Å². The lowest BCUT2D eigenvalue weighted by Crippen LogP contribution is -2.22. The van der Waals surface area contributed by atoms with Gasteiger partial charge in [0.1, 0.15) is 5.75 Å². The number of anilines is 2. The van der Waals surface area contributed by atoms with Crippen molar-refractivity contribution in [3.05, 3.63) is 52.5 Å². The number of hydrogen-bond donors (Lipinski definition) is 2. The molecule has 0 unspecified atom stereocenters. The van der Waals surface area contributed by atoms with Crippen molar-refractivity contribution in [3.63, 3.8) is 0 Å². The van der Waals surface area contributed by atoms with Crippen molar-refractivity contribution in [3.8, 4) is 5.75 Å². The Morgan fingerprint density at radius 1 is 1.14 bits per heavy atom. The summed E-state index contributed by atoms with van der Waals surface area (Å²) in [5, 5.41) is 6.64. The summed E-state index contributed by atoms with van der Waals surface area (Å²) in [5.74, 6) is 0.525. The number of rotatable bonds is 6. The molecule has 0 heterocycles. The van der Waals surface area contributed by atoms with Crippen molar-refractivity contribution in [1.29, 1.82) is 0 Å². The highest BCUT2D eigenvalue weighted by Gasteiger charge is 2.07. The van der Waals surface area contributed by atoms with Gasteiger partial charge in [-0.25, -0.2) is 0 Å². The van der Waals surface area contributed by atoms with Gasteiger partial charge in [-0.3, -0.25) is 4.79 Å². The lowest BCUT2D eigenvalue weighted by molar-refractivity contribution is -0.114. The summed E-state index contributed by atoms with van der Waals surface area (Å²) in [7, 11) is 0. The van der Waals surface area contributed by atoms with Gasteiger partial charge in [0.2, 0.25) is 5.91 Å². The van der Waals surface area contributed by atoms with Crippen LogP contribution in [-0.2, 0) is 4.79 Å². The Labute approximate surface area is 139 Å². The number of para-hydroxylation sites is 2. The molecule has 0 aromatic heterocycles. The zero-order valence-corrected chi connectivity index (χ0v) is 13.5. The molecule has 2 N–H and O–H groups in total. The second kappa shape index (κ2) is 7.92. The van der Waals surface area contributed by atoms with Crippen LogP contribution < -0.4 is 15.4 Å². The van der Waals surface area contributed by atoms with E-state index in [-0.39, 0.29) is 12.5 Å². The maximum atomic E-state index is 12.0. The van der Waals surface area contributed by atoms with E-state index in [0.717, 1.165) is 5.69 Å². The molecule has 0 aliphatic heterocycles. The van der Waals surface area contributed by atoms with Crippen molar-refractivity contribution in [2.75, 3.05) is 23.8 Å². The van der Waals surface area contributed by atoms with Crippen LogP contribution in [0.15, 0.2) is 42.5 Å². The third-order valence-electron chi connectivity index (χ3n) is 2.83. The van der Waals surface area contributed by atoms with Crippen molar-refractivity contribution in [1.82, 2.24) is 0 Å². The molecule has 0 aliphatic rings. The largest absolute Gasteiger partial charge is 0.492 e. The van der Waals surface area contributed by atoms with Gasteiger partial charge in [0.15, 0.2) is 0 Å². The van der Waals surface area contributed by atoms with Crippen LogP contribution in [0.3, 0.4) is 0 Å². The highest BCUT2D eigenvalue weighted by Crippen LogP contribution is 2.25. The third-order valence-corrected chi connectivity index (χ3v) is 3.57. The molecule has 6 heteroatoms. The van der Waals surface area contributed by atoms with Gasteiger partial charge in [-0.05, 0) is 37.3 Å². The first kappa shape index (κ1) is 16.5.